The fraction of sp³-hybridized carbons (Fsp3) is 0.238. The zero-order chi connectivity index (χ0) is 19.1. The zero-order valence-corrected chi connectivity index (χ0v) is 15.3. The number of aromatic nitrogens is 1. The van der Waals surface area contributed by atoms with Gasteiger partial charge < -0.3 is 15.0 Å². The fourth-order valence-corrected chi connectivity index (χ4v) is 2.93. The van der Waals surface area contributed by atoms with Gasteiger partial charge in [-0.15, -0.1) is 0 Å². The summed E-state index contributed by atoms with van der Waals surface area (Å²) in [6, 6.07) is 14.4. The molecule has 26 heavy (non-hydrogen) atoms. The average Bonchev–Trinajstić information content (AvgIpc) is 2.59. The van der Waals surface area contributed by atoms with Crippen molar-refractivity contribution in [2.24, 2.45) is 7.05 Å². The second kappa shape index (κ2) is 6.33. The van der Waals surface area contributed by atoms with Crippen molar-refractivity contribution in [1.82, 2.24) is 4.57 Å². The van der Waals surface area contributed by atoms with Gasteiger partial charge in [-0.05, 0) is 35.2 Å². The summed E-state index contributed by atoms with van der Waals surface area (Å²) in [5.74, 6) is -0.926. The van der Waals surface area contributed by atoms with Gasteiger partial charge in [-0.25, -0.2) is 0 Å². The molecule has 1 heterocycles. The van der Waals surface area contributed by atoms with Crippen molar-refractivity contribution in [1.29, 1.82) is 0 Å². The predicted octanol–water partition coefficient (Wildman–Crippen LogP) is 3.79. The van der Waals surface area contributed by atoms with Gasteiger partial charge in [0.15, 0.2) is 0 Å². The van der Waals surface area contributed by atoms with Gasteiger partial charge >= 0.3 is 0 Å². The molecular weight excluding hydrogens is 328 g/mol. The predicted molar refractivity (Wildman–Crippen MR) is 104 cm³/mol. The van der Waals surface area contributed by atoms with Crippen molar-refractivity contribution in [3.8, 4) is 5.75 Å². The zero-order valence-electron chi connectivity index (χ0n) is 15.3. The van der Waals surface area contributed by atoms with E-state index in [1.807, 2.05) is 12.1 Å². The van der Waals surface area contributed by atoms with E-state index >= 15 is 0 Å². The lowest BCUT2D eigenvalue weighted by atomic mass is 9.87. The Labute approximate surface area is 151 Å². The highest BCUT2D eigenvalue weighted by Crippen LogP contribution is 2.27. The number of benzene rings is 2. The van der Waals surface area contributed by atoms with Crippen LogP contribution >= 0.6 is 0 Å². The van der Waals surface area contributed by atoms with Gasteiger partial charge in [-0.3, -0.25) is 9.59 Å². The minimum absolute atomic E-state index is 0.00902. The number of nitrogens with one attached hydrogen (secondary N) is 1. The molecule has 0 radical (unpaired) electrons. The lowest BCUT2D eigenvalue weighted by Crippen LogP contribution is -2.28. The number of pyridine rings is 1. The Hall–Kier alpha value is -3.08. The average molecular weight is 350 g/mol. The van der Waals surface area contributed by atoms with Crippen molar-refractivity contribution in [2.75, 3.05) is 5.32 Å². The Bertz CT molecular complexity index is 1040. The third-order valence-corrected chi connectivity index (χ3v) is 4.51. The number of hydrogen-bond donors (Lipinski definition) is 2. The number of fused-ring (bicyclic) bond motifs is 1. The highest BCUT2D eigenvalue weighted by atomic mass is 16.3. The highest BCUT2D eigenvalue weighted by Gasteiger charge is 2.21. The molecular formula is C21H22N2O3. The standard InChI is InChI=1S/C21H22N2O3/c1-21(2,3)13-9-11-14(12-10-13)22-19(25)17-18(24)15-7-5-6-8-16(15)23(4)20(17)26/h5-12,24H,1-4H3,(H,22,25). The van der Waals surface area contributed by atoms with E-state index in [1.54, 1.807) is 43.4 Å². The lowest BCUT2D eigenvalue weighted by molar-refractivity contribution is 0.102. The SMILES string of the molecule is Cn1c(=O)c(C(=O)Nc2ccc(C(C)(C)C)cc2)c(O)c2ccccc21. The Morgan fingerprint density at radius 1 is 1.04 bits per heavy atom. The molecule has 2 N–H and O–H groups in total. The van der Waals surface area contributed by atoms with Crippen molar-refractivity contribution in [3.05, 3.63) is 70.0 Å². The van der Waals surface area contributed by atoms with Crippen molar-refractivity contribution in [3.63, 3.8) is 0 Å². The van der Waals surface area contributed by atoms with Crippen LogP contribution in [0, 0.1) is 0 Å². The van der Waals surface area contributed by atoms with Gasteiger partial charge in [-0.1, -0.05) is 45.0 Å². The van der Waals surface area contributed by atoms with E-state index in [2.05, 4.69) is 26.1 Å². The van der Waals surface area contributed by atoms with E-state index in [0.29, 0.717) is 16.6 Å². The molecule has 134 valence electrons. The Balaban J connectivity index is 2.00. The maximum absolute atomic E-state index is 12.6. The summed E-state index contributed by atoms with van der Waals surface area (Å²) in [6.45, 7) is 6.33. The molecule has 0 aliphatic rings. The van der Waals surface area contributed by atoms with Gasteiger partial charge in [0.1, 0.15) is 11.3 Å². The molecule has 0 unspecified atom stereocenters. The maximum Gasteiger partial charge on any atom is 0.267 e. The summed E-state index contributed by atoms with van der Waals surface area (Å²) >= 11 is 0. The first-order valence-electron chi connectivity index (χ1n) is 8.42. The third-order valence-electron chi connectivity index (χ3n) is 4.51. The number of carbonyl (C=O) groups is 1. The number of para-hydroxylation sites is 1. The molecule has 0 bridgehead atoms. The van der Waals surface area contributed by atoms with E-state index in [0.717, 1.165) is 5.56 Å². The van der Waals surface area contributed by atoms with E-state index in [9.17, 15) is 14.7 Å². The first kappa shape index (κ1) is 17.7. The molecule has 2 aromatic carbocycles. The Morgan fingerprint density at radius 2 is 1.65 bits per heavy atom. The fourth-order valence-electron chi connectivity index (χ4n) is 2.93. The number of amides is 1. The number of aromatic hydroxyl groups is 1. The molecule has 0 aliphatic heterocycles. The van der Waals surface area contributed by atoms with E-state index in [4.69, 9.17) is 0 Å². The molecule has 1 aromatic heterocycles. The molecule has 0 spiro atoms. The highest BCUT2D eigenvalue weighted by molar-refractivity contribution is 6.09. The smallest absolute Gasteiger partial charge is 0.267 e. The van der Waals surface area contributed by atoms with E-state index < -0.39 is 11.5 Å². The maximum atomic E-state index is 12.6. The van der Waals surface area contributed by atoms with Crippen LogP contribution in [0.4, 0.5) is 5.69 Å². The van der Waals surface area contributed by atoms with Crippen LogP contribution in [0.1, 0.15) is 36.7 Å². The molecule has 3 aromatic rings. The Kier molecular flexibility index (Phi) is 4.32. The largest absolute Gasteiger partial charge is 0.506 e. The minimum atomic E-state index is -0.627. The number of carbonyl (C=O) groups excluding carboxylic acids is 1. The van der Waals surface area contributed by atoms with Gasteiger partial charge in [-0.2, -0.15) is 0 Å². The molecule has 5 nitrogen and oxygen atoms in total. The summed E-state index contributed by atoms with van der Waals surface area (Å²) in [7, 11) is 1.58. The quantitative estimate of drug-likeness (QED) is 0.738. The molecule has 0 saturated heterocycles. The van der Waals surface area contributed by atoms with Crippen LogP contribution in [0.25, 0.3) is 10.9 Å². The van der Waals surface area contributed by atoms with Gasteiger partial charge in [0.2, 0.25) is 0 Å². The van der Waals surface area contributed by atoms with Crippen LogP contribution in [0.5, 0.6) is 5.75 Å². The summed E-state index contributed by atoms with van der Waals surface area (Å²) < 4.78 is 1.37. The van der Waals surface area contributed by atoms with Crippen LogP contribution in [-0.4, -0.2) is 15.6 Å². The topological polar surface area (TPSA) is 71.3 Å². The van der Waals surface area contributed by atoms with Crippen molar-refractivity contribution >= 4 is 22.5 Å². The molecule has 0 aliphatic carbocycles. The number of nitrogens with zero attached hydrogens (tertiary/aromatic N) is 1. The number of hydrogen-bond acceptors (Lipinski definition) is 3. The number of aryl methyl sites for hydroxylation is 1. The van der Waals surface area contributed by atoms with Crippen LogP contribution in [-0.2, 0) is 12.5 Å². The van der Waals surface area contributed by atoms with E-state index in [1.165, 1.54) is 4.57 Å². The minimum Gasteiger partial charge on any atom is -0.506 e. The third kappa shape index (κ3) is 3.08. The molecule has 0 fully saturated rings. The van der Waals surface area contributed by atoms with Gasteiger partial charge in [0, 0.05) is 18.1 Å². The summed E-state index contributed by atoms with van der Waals surface area (Å²) in [5.41, 5.74) is 1.49. The lowest BCUT2D eigenvalue weighted by Gasteiger charge is -2.19. The number of anilines is 1. The number of rotatable bonds is 2. The molecule has 0 atom stereocenters. The second-order valence-corrected chi connectivity index (χ2v) is 7.39. The monoisotopic (exact) mass is 350 g/mol. The van der Waals surface area contributed by atoms with Crippen LogP contribution < -0.4 is 10.9 Å². The van der Waals surface area contributed by atoms with Crippen molar-refractivity contribution in [2.45, 2.75) is 26.2 Å². The second-order valence-electron chi connectivity index (χ2n) is 7.39. The molecule has 0 saturated carbocycles. The van der Waals surface area contributed by atoms with Crippen molar-refractivity contribution < 1.29 is 9.90 Å². The Morgan fingerprint density at radius 3 is 2.27 bits per heavy atom. The first-order chi connectivity index (χ1) is 12.2. The molecule has 1 amide bonds. The van der Waals surface area contributed by atoms with Gasteiger partial charge in [0.05, 0.1) is 5.52 Å². The van der Waals surface area contributed by atoms with Crippen LogP contribution in [0.15, 0.2) is 53.3 Å². The molecule has 5 heteroatoms. The van der Waals surface area contributed by atoms with Gasteiger partial charge in [0.25, 0.3) is 11.5 Å². The van der Waals surface area contributed by atoms with Crippen LogP contribution in [0.2, 0.25) is 0 Å². The molecule has 3 rings (SSSR count). The summed E-state index contributed by atoms with van der Waals surface area (Å²) in [4.78, 5) is 25.2. The normalized spacial score (nSPS) is 11.5. The summed E-state index contributed by atoms with van der Waals surface area (Å²) in [6.07, 6.45) is 0. The first-order valence-corrected chi connectivity index (χ1v) is 8.42. The van der Waals surface area contributed by atoms with E-state index in [-0.39, 0.29) is 16.7 Å². The summed E-state index contributed by atoms with van der Waals surface area (Å²) in [5, 5.41) is 13.6. The van der Waals surface area contributed by atoms with Crippen LogP contribution in [0.3, 0.4) is 0 Å².